The lowest BCUT2D eigenvalue weighted by molar-refractivity contribution is 0.0255. The summed E-state index contributed by atoms with van der Waals surface area (Å²) in [6.07, 6.45) is 3.84. The Morgan fingerprint density at radius 1 is 1.14 bits per heavy atom. The molecule has 5 heteroatoms. The highest BCUT2D eigenvalue weighted by Gasteiger charge is 2.40. The summed E-state index contributed by atoms with van der Waals surface area (Å²) < 4.78 is 27.4. The summed E-state index contributed by atoms with van der Waals surface area (Å²) >= 11 is 0. The first-order chi connectivity index (χ1) is 13.5. The fourth-order valence-electron chi connectivity index (χ4n) is 4.44. The Morgan fingerprint density at radius 3 is 2.82 bits per heavy atom. The van der Waals surface area contributed by atoms with Crippen molar-refractivity contribution in [1.82, 2.24) is 4.98 Å². The summed E-state index contributed by atoms with van der Waals surface area (Å²) in [6, 6.07) is 12.9. The van der Waals surface area contributed by atoms with Gasteiger partial charge in [-0.2, -0.15) is 0 Å². The van der Waals surface area contributed by atoms with Crippen LogP contribution in [0.5, 0.6) is 0 Å². The largest absolute Gasteiger partial charge is 0.340 e. The second-order valence-electron chi connectivity index (χ2n) is 8.18. The first-order valence-corrected chi connectivity index (χ1v) is 9.64. The average Bonchev–Trinajstić information content (AvgIpc) is 3.02. The van der Waals surface area contributed by atoms with E-state index < -0.39 is 5.67 Å². The van der Waals surface area contributed by atoms with Crippen LogP contribution >= 0.6 is 0 Å². The van der Waals surface area contributed by atoms with E-state index in [1.807, 2.05) is 18.3 Å². The van der Waals surface area contributed by atoms with E-state index in [4.69, 9.17) is 0 Å². The number of halogens is 2. The van der Waals surface area contributed by atoms with Crippen LogP contribution in [0.1, 0.15) is 36.6 Å². The highest BCUT2D eigenvalue weighted by atomic mass is 19.1. The summed E-state index contributed by atoms with van der Waals surface area (Å²) in [5, 5.41) is 5.50. The van der Waals surface area contributed by atoms with E-state index in [1.54, 1.807) is 13.0 Å². The van der Waals surface area contributed by atoms with Crippen molar-refractivity contribution in [3.05, 3.63) is 71.3 Å². The predicted octanol–water partition coefficient (Wildman–Crippen LogP) is 5.43. The number of aromatic nitrogens is 1. The number of nitrogens with zero attached hydrogens (tertiary/aromatic N) is 2. The van der Waals surface area contributed by atoms with Crippen molar-refractivity contribution < 1.29 is 8.78 Å². The van der Waals surface area contributed by atoms with Crippen molar-refractivity contribution >= 4 is 22.3 Å². The maximum Gasteiger partial charge on any atom is 0.133 e. The van der Waals surface area contributed by atoms with Gasteiger partial charge in [0.1, 0.15) is 17.3 Å². The number of benzene rings is 2. The molecule has 28 heavy (non-hydrogen) atoms. The zero-order chi connectivity index (χ0) is 19.3. The molecule has 142 valence electrons. The van der Waals surface area contributed by atoms with Gasteiger partial charge in [0.2, 0.25) is 0 Å². The Balaban J connectivity index is 1.39. The second-order valence-corrected chi connectivity index (χ2v) is 8.18. The zero-order valence-corrected chi connectivity index (χ0v) is 15.7. The van der Waals surface area contributed by atoms with Gasteiger partial charge in [-0.3, -0.25) is 9.98 Å². The van der Waals surface area contributed by atoms with E-state index in [0.717, 1.165) is 39.7 Å². The number of alkyl halides is 1. The Kier molecular flexibility index (Phi) is 3.93. The van der Waals surface area contributed by atoms with Crippen LogP contribution in [0.15, 0.2) is 53.7 Å². The summed E-state index contributed by atoms with van der Waals surface area (Å²) in [6.45, 7) is 2.24. The Morgan fingerprint density at radius 2 is 2.00 bits per heavy atom. The van der Waals surface area contributed by atoms with E-state index in [-0.39, 0.29) is 5.82 Å². The van der Waals surface area contributed by atoms with Gasteiger partial charge < -0.3 is 5.32 Å². The minimum atomic E-state index is -1.01. The topological polar surface area (TPSA) is 37.3 Å². The van der Waals surface area contributed by atoms with Crippen LogP contribution in [0.4, 0.5) is 14.5 Å². The molecule has 2 heterocycles. The normalized spacial score (nSPS) is 23.2. The minimum absolute atomic E-state index is 0.259. The van der Waals surface area contributed by atoms with Gasteiger partial charge in [-0.05, 0) is 73.4 Å². The number of nitrogens with one attached hydrogen (secondary N) is 1. The molecule has 2 aliphatic rings. The SMILES string of the molecule is CC1(F)CC(Cc2nccc3cc(NC4=NCc5ccc(F)cc54)ccc23)C1. The van der Waals surface area contributed by atoms with Gasteiger partial charge in [-0.1, -0.05) is 12.1 Å². The van der Waals surface area contributed by atoms with Gasteiger partial charge >= 0.3 is 0 Å². The van der Waals surface area contributed by atoms with Crippen molar-refractivity contribution in [2.45, 2.75) is 38.4 Å². The van der Waals surface area contributed by atoms with Crippen LogP contribution in [-0.4, -0.2) is 16.5 Å². The Labute approximate surface area is 162 Å². The predicted molar refractivity (Wildman–Crippen MR) is 108 cm³/mol. The molecular weight excluding hydrogens is 356 g/mol. The smallest absolute Gasteiger partial charge is 0.133 e. The fourth-order valence-corrected chi connectivity index (χ4v) is 4.44. The molecule has 0 amide bonds. The van der Waals surface area contributed by atoms with Crippen molar-refractivity contribution in [1.29, 1.82) is 0 Å². The molecule has 1 fully saturated rings. The molecule has 0 unspecified atom stereocenters. The molecule has 0 bridgehead atoms. The highest BCUT2D eigenvalue weighted by molar-refractivity contribution is 6.11. The third kappa shape index (κ3) is 3.15. The monoisotopic (exact) mass is 377 g/mol. The number of fused-ring (bicyclic) bond motifs is 2. The number of hydrogen-bond acceptors (Lipinski definition) is 3. The molecule has 0 atom stereocenters. The first-order valence-electron chi connectivity index (χ1n) is 9.64. The highest BCUT2D eigenvalue weighted by Crippen LogP contribution is 2.42. The summed E-state index contributed by atoms with van der Waals surface area (Å²) in [5.41, 5.74) is 2.76. The molecule has 2 aromatic carbocycles. The van der Waals surface area contributed by atoms with E-state index in [0.29, 0.717) is 31.1 Å². The van der Waals surface area contributed by atoms with Gasteiger partial charge in [-0.15, -0.1) is 0 Å². The van der Waals surface area contributed by atoms with Crippen LogP contribution in [0, 0.1) is 11.7 Å². The molecule has 1 aliphatic heterocycles. The fraction of sp³-hybridized carbons (Fsp3) is 0.304. The maximum absolute atomic E-state index is 13.8. The first kappa shape index (κ1) is 17.3. The third-order valence-electron chi connectivity index (χ3n) is 5.75. The maximum atomic E-state index is 13.8. The summed E-state index contributed by atoms with van der Waals surface area (Å²) in [7, 11) is 0. The molecule has 5 rings (SSSR count). The number of pyridine rings is 1. The van der Waals surface area contributed by atoms with Gasteiger partial charge in [0, 0.05) is 28.5 Å². The van der Waals surface area contributed by atoms with Crippen LogP contribution in [-0.2, 0) is 13.0 Å². The number of amidine groups is 1. The summed E-state index contributed by atoms with van der Waals surface area (Å²) in [5.74, 6) is 0.801. The molecule has 0 radical (unpaired) electrons. The van der Waals surface area contributed by atoms with Gasteiger partial charge in [0.15, 0.2) is 0 Å². The van der Waals surface area contributed by atoms with Gasteiger partial charge in [0.05, 0.1) is 6.54 Å². The van der Waals surface area contributed by atoms with E-state index in [1.165, 1.54) is 12.1 Å². The lowest BCUT2D eigenvalue weighted by Gasteiger charge is -2.38. The molecule has 3 aromatic rings. The molecule has 3 nitrogen and oxygen atoms in total. The van der Waals surface area contributed by atoms with Gasteiger partial charge in [0.25, 0.3) is 0 Å². The number of rotatable bonds is 3. The van der Waals surface area contributed by atoms with E-state index >= 15 is 0 Å². The van der Waals surface area contributed by atoms with Crippen molar-refractivity contribution in [3.8, 4) is 0 Å². The van der Waals surface area contributed by atoms with Crippen molar-refractivity contribution in [2.75, 3.05) is 5.32 Å². The van der Waals surface area contributed by atoms with E-state index in [9.17, 15) is 8.78 Å². The van der Waals surface area contributed by atoms with Crippen LogP contribution < -0.4 is 5.32 Å². The lowest BCUT2D eigenvalue weighted by Crippen LogP contribution is -2.37. The summed E-state index contributed by atoms with van der Waals surface area (Å²) in [4.78, 5) is 9.04. The molecule has 1 saturated carbocycles. The third-order valence-corrected chi connectivity index (χ3v) is 5.75. The molecule has 0 saturated heterocycles. The molecule has 1 aliphatic carbocycles. The van der Waals surface area contributed by atoms with Crippen LogP contribution in [0.25, 0.3) is 10.8 Å². The lowest BCUT2D eigenvalue weighted by atomic mass is 9.71. The average molecular weight is 377 g/mol. The van der Waals surface area contributed by atoms with Crippen molar-refractivity contribution in [3.63, 3.8) is 0 Å². The van der Waals surface area contributed by atoms with Crippen molar-refractivity contribution in [2.24, 2.45) is 10.9 Å². The number of anilines is 1. The number of hydrogen-bond donors (Lipinski definition) is 1. The van der Waals surface area contributed by atoms with Crippen LogP contribution in [0.2, 0.25) is 0 Å². The second kappa shape index (κ2) is 6.36. The van der Waals surface area contributed by atoms with E-state index in [2.05, 4.69) is 27.4 Å². The Hall–Kier alpha value is -2.82. The molecule has 1 aromatic heterocycles. The zero-order valence-electron chi connectivity index (χ0n) is 15.7. The number of aliphatic imine (C=N–C) groups is 1. The van der Waals surface area contributed by atoms with Gasteiger partial charge in [-0.25, -0.2) is 8.78 Å². The minimum Gasteiger partial charge on any atom is -0.340 e. The molecule has 0 spiro atoms. The van der Waals surface area contributed by atoms with Crippen LogP contribution in [0.3, 0.4) is 0 Å². The Bertz CT molecular complexity index is 1100. The quantitative estimate of drug-likeness (QED) is 0.661. The molecule has 1 N–H and O–H groups in total. The standard InChI is InChI=1S/C23H21F2N3/c1-23(25)11-14(12-23)8-21-19-5-4-18(9-15(19)6-7-26-21)28-22-20-10-17(24)3-2-16(20)13-27-22/h2-7,9-10,14H,8,11-13H2,1H3,(H,27,28). The molecular formula is C23H21F2N3.